The highest BCUT2D eigenvalue weighted by Gasteiger charge is 2.23. The molecular weight excluding hydrogens is 198 g/mol. The van der Waals surface area contributed by atoms with Gasteiger partial charge in [-0.2, -0.15) is 0 Å². The molecule has 1 aliphatic rings. The summed E-state index contributed by atoms with van der Waals surface area (Å²) in [6.45, 7) is 0. The molecule has 0 unspecified atom stereocenters. The number of hydrogen-bond donors (Lipinski definition) is 1. The van der Waals surface area contributed by atoms with Gasteiger partial charge in [0, 0.05) is 5.69 Å². The Labute approximate surface area is 84.2 Å². The molecule has 1 fully saturated rings. The van der Waals surface area contributed by atoms with Gasteiger partial charge in [0.1, 0.15) is 0 Å². The SMILES string of the molecule is CS(=O)(=O)Nc1cccc(C2CC2)c1. The number of sulfonamides is 1. The Morgan fingerprint density at radius 1 is 1.36 bits per heavy atom. The molecular formula is C10H13NO2S. The Morgan fingerprint density at radius 3 is 2.64 bits per heavy atom. The van der Waals surface area contributed by atoms with Gasteiger partial charge in [0.2, 0.25) is 10.0 Å². The molecule has 0 aromatic heterocycles. The lowest BCUT2D eigenvalue weighted by molar-refractivity contribution is 0.607. The maximum atomic E-state index is 11.0. The van der Waals surface area contributed by atoms with Crippen molar-refractivity contribution in [2.75, 3.05) is 11.0 Å². The third-order valence-electron chi connectivity index (χ3n) is 2.24. The number of rotatable bonds is 3. The van der Waals surface area contributed by atoms with Crippen molar-refractivity contribution in [3.63, 3.8) is 0 Å². The quantitative estimate of drug-likeness (QED) is 0.830. The van der Waals surface area contributed by atoms with Crippen LogP contribution in [-0.4, -0.2) is 14.7 Å². The first-order valence-corrected chi connectivity index (χ1v) is 6.51. The third-order valence-corrected chi connectivity index (χ3v) is 2.85. The largest absolute Gasteiger partial charge is 0.284 e. The van der Waals surface area contributed by atoms with Crippen molar-refractivity contribution in [3.05, 3.63) is 29.8 Å². The molecule has 1 aliphatic carbocycles. The third kappa shape index (κ3) is 2.48. The molecule has 0 radical (unpaired) electrons. The Hall–Kier alpha value is -1.03. The van der Waals surface area contributed by atoms with Crippen molar-refractivity contribution >= 4 is 15.7 Å². The van der Waals surface area contributed by atoms with E-state index in [-0.39, 0.29) is 0 Å². The van der Waals surface area contributed by atoms with Gasteiger partial charge in [-0.05, 0) is 36.5 Å². The summed E-state index contributed by atoms with van der Waals surface area (Å²) in [5.41, 5.74) is 1.90. The van der Waals surface area contributed by atoms with E-state index in [1.54, 1.807) is 6.07 Å². The minimum Gasteiger partial charge on any atom is -0.284 e. The highest BCUT2D eigenvalue weighted by molar-refractivity contribution is 7.92. The molecule has 0 amide bonds. The van der Waals surface area contributed by atoms with E-state index >= 15 is 0 Å². The van der Waals surface area contributed by atoms with Gasteiger partial charge < -0.3 is 0 Å². The van der Waals surface area contributed by atoms with Crippen LogP contribution in [0.1, 0.15) is 24.3 Å². The van der Waals surface area contributed by atoms with E-state index in [4.69, 9.17) is 0 Å². The summed E-state index contributed by atoms with van der Waals surface area (Å²) in [4.78, 5) is 0. The Kier molecular flexibility index (Phi) is 2.23. The van der Waals surface area contributed by atoms with Crippen LogP contribution in [0, 0.1) is 0 Å². The highest BCUT2D eigenvalue weighted by Crippen LogP contribution is 2.40. The van der Waals surface area contributed by atoms with Gasteiger partial charge in [0.05, 0.1) is 6.26 Å². The van der Waals surface area contributed by atoms with Crippen molar-refractivity contribution in [1.82, 2.24) is 0 Å². The summed E-state index contributed by atoms with van der Waals surface area (Å²) in [6.07, 6.45) is 3.61. The molecule has 0 atom stereocenters. The lowest BCUT2D eigenvalue weighted by Crippen LogP contribution is -2.09. The fraction of sp³-hybridized carbons (Fsp3) is 0.400. The molecule has 1 saturated carbocycles. The maximum Gasteiger partial charge on any atom is 0.229 e. The number of nitrogens with one attached hydrogen (secondary N) is 1. The zero-order valence-corrected chi connectivity index (χ0v) is 8.84. The molecule has 0 aliphatic heterocycles. The van der Waals surface area contributed by atoms with Crippen molar-refractivity contribution in [2.24, 2.45) is 0 Å². The first-order chi connectivity index (χ1) is 6.54. The summed E-state index contributed by atoms with van der Waals surface area (Å²) in [5.74, 6) is 0.649. The predicted molar refractivity (Wildman–Crippen MR) is 56.9 cm³/mol. The fourth-order valence-corrected chi connectivity index (χ4v) is 2.04. The molecule has 14 heavy (non-hydrogen) atoms. The predicted octanol–water partition coefficient (Wildman–Crippen LogP) is 1.94. The van der Waals surface area contributed by atoms with E-state index in [2.05, 4.69) is 4.72 Å². The van der Waals surface area contributed by atoms with E-state index in [0.29, 0.717) is 11.6 Å². The molecule has 1 aromatic carbocycles. The van der Waals surface area contributed by atoms with Gasteiger partial charge in [0.15, 0.2) is 0 Å². The van der Waals surface area contributed by atoms with Crippen molar-refractivity contribution in [1.29, 1.82) is 0 Å². The van der Waals surface area contributed by atoms with Gasteiger partial charge in [-0.1, -0.05) is 12.1 Å². The smallest absolute Gasteiger partial charge is 0.229 e. The number of hydrogen-bond acceptors (Lipinski definition) is 2. The Balaban J connectivity index is 2.21. The minimum atomic E-state index is -3.15. The molecule has 0 spiro atoms. The number of anilines is 1. The molecule has 3 nitrogen and oxygen atoms in total. The first-order valence-electron chi connectivity index (χ1n) is 4.62. The van der Waals surface area contributed by atoms with Crippen LogP contribution in [0.15, 0.2) is 24.3 Å². The van der Waals surface area contributed by atoms with Crippen LogP contribution in [0.2, 0.25) is 0 Å². The van der Waals surface area contributed by atoms with Crippen LogP contribution in [0.4, 0.5) is 5.69 Å². The Bertz CT molecular complexity index is 435. The summed E-state index contributed by atoms with van der Waals surface area (Å²) in [7, 11) is -3.15. The average Bonchev–Trinajstić information content (AvgIpc) is 2.83. The number of benzene rings is 1. The van der Waals surface area contributed by atoms with E-state index in [0.717, 1.165) is 6.26 Å². The summed E-state index contributed by atoms with van der Waals surface area (Å²) in [5, 5.41) is 0. The first kappa shape index (κ1) is 9.52. The van der Waals surface area contributed by atoms with Crippen LogP contribution < -0.4 is 4.72 Å². The monoisotopic (exact) mass is 211 g/mol. The minimum absolute atomic E-state index is 0.649. The molecule has 1 N–H and O–H groups in total. The van der Waals surface area contributed by atoms with Gasteiger partial charge >= 0.3 is 0 Å². The zero-order valence-electron chi connectivity index (χ0n) is 8.03. The normalized spacial score (nSPS) is 16.6. The highest BCUT2D eigenvalue weighted by atomic mass is 32.2. The topological polar surface area (TPSA) is 46.2 Å². The van der Waals surface area contributed by atoms with Gasteiger partial charge in [-0.25, -0.2) is 8.42 Å². The molecule has 76 valence electrons. The lowest BCUT2D eigenvalue weighted by Gasteiger charge is -2.05. The zero-order chi connectivity index (χ0) is 10.2. The van der Waals surface area contributed by atoms with Crippen LogP contribution >= 0.6 is 0 Å². The molecule has 0 heterocycles. The van der Waals surface area contributed by atoms with E-state index in [1.807, 2.05) is 18.2 Å². The molecule has 1 aromatic rings. The van der Waals surface area contributed by atoms with E-state index in [9.17, 15) is 8.42 Å². The standard InChI is InChI=1S/C10H13NO2S/c1-14(12,13)11-10-4-2-3-9(7-10)8-5-6-8/h2-4,7-8,11H,5-6H2,1H3. The molecule has 0 bridgehead atoms. The van der Waals surface area contributed by atoms with Crippen molar-refractivity contribution < 1.29 is 8.42 Å². The second-order valence-electron chi connectivity index (χ2n) is 3.77. The lowest BCUT2D eigenvalue weighted by atomic mass is 10.1. The van der Waals surface area contributed by atoms with E-state index in [1.165, 1.54) is 18.4 Å². The second-order valence-corrected chi connectivity index (χ2v) is 5.52. The van der Waals surface area contributed by atoms with Gasteiger partial charge in [0.25, 0.3) is 0 Å². The summed E-state index contributed by atoms with van der Waals surface area (Å²) in [6, 6.07) is 7.62. The average molecular weight is 211 g/mol. The van der Waals surface area contributed by atoms with Crippen LogP contribution in [0.5, 0.6) is 0 Å². The van der Waals surface area contributed by atoms with Crippen LogP contribution in [0.3, 0.4) is 0 Å². The van der Waals surface area contributed by atoms with E-state index < -0.39 is 10.0 Å². The van der Waals surface area contributed by atoms with Crippen molar-refractivity contribution in [2.45, 2.75) is 18.8 Å². The maximum absolute atomic E-state index is 11.0. The molecule has 4 heteroatoms. The summed E-state index contributed by atoms with van der Waals surface area (Å²) >= 11 is 0. The molecule has 0 saturated heterocycles. The van der Waals surface area contributed by atoms with Crippen LogP contribution in [-0.2, 0) is 10.0 Å². The summed E-state index contributed by atoms with van der Waals surface area (Å²) < 4.78 is 24.4. The van der Waals surface area contributed by atoms with Gasteiger partial charge in [-0.3, -0.25) is 4.72 Å². The van der Waals surface area contributed by atoms with Crippen molar-refractivity contribution in [3.8, 4) is 0 Å². The Morgan fingerprint density at radius 2 is 2.07 bits per heavy atom. The second kappa shape index (κ2) is 3.28. The fourth-order valence-electron chi connectivity index (χ4n) is 1.49. The van der Waals surface area contributed by atoms with Crippen LogP contribution in [0.25, 0.3) is 0 Å². The van der Waals surface area contributed by atoms with Gasteiger partial charge in [-0.15, -0.1) is 0 Å². The molecule has 2 rings (SSSR count).